The maximum absolute atomic E-state index is 5.93. The monoisotopic (exact) mass is 261 g/mol. The molecule has 2 saturated heterocycles. The van der Waals surface area contributed by atoms with Gasteiger partial charge in [0.2, 0.25) is 0 Å². The fourth-order valence-corrected chi connectivity index (χ4v) is 3.10. The van der Waals surface area contributed by atoms with Gasteiger partial charge in [-0.2, -0.15) is 0 Å². The first-order valence-corrected chi connectivity index (χ1v) is 7.28. The molecule has 4 nitrogen and oxygen atoms in total. The number of ether oxygens (including phenoxy) is 1. The Labute approximate surface area is 115 Å². The number of nitrogens with zero attached hydrogens (tertiary/aromatic N) is 2. The van der Waals surface area contributed by atoms with Gasteiger partial charge in [0.05, 0.1) is 12.7 Å². The number of nitrogens with one attached hydrogen (secondary N) is 1. The van der Waals surface area contributed by atoms with E-state index in [-0.39, 0.29) is 0 Å². The van der Waals surface area contributed by atoms with E-state index in [2.05, 4.69) is 28.2 Å². The first-order valence-electron chi connectivity index (χ1n) is 7.28. The molecule has 1 aromatic rings. The predicted molar refractivity (Wildman–Crippen MR) is 75.0 cm³/mol. The molecule has 19 heavy (non-hydrogen) atoms. The van der Waals surface area contributed by atoms with E-state index >= 15 is 0 Å². The second-order valence-electron chi connectivity index (χ2n) is 5.75. The fraction of sp³-hybridized carbons (Fsp3) is 0.667. The third kappa shape index (κ3) is 3.32. The van der Waals surface area contributed by atoms with E-state index in [1.165, 1.54) is 30.5 Å². The molecule has 1 aromatic heterocycles. The van der Waals surface area contributed by atoms with Crippen molar-refractivity contribution in [2.45, 2.75) is 38.5 Å². The number of rotatable bonds is 4. The van der Waals surface area contributed by atoms with E-state index in [1.807, 2.05) is 12.4 Å². The topological polar surface area (TPSA) is 37.4 Å². The highest BCUT2D eigenvalue weighted by Gasteiger charge is 2.31. The number of pyridine rings is 1. The highest BCUT2D eigenvalue weighted by Crippen LogP contribution is 2.22. The fourth-order valence-electron chi connectivity index (χ4n) is 3.10. The summed E-state index contributed by atoms with van der Waals surface area (Å²) >= 11 is 0. The zero-order valence-corrected chi connectivity index (χ0v) is 11.6. The van der Waals surface area contributed by atoms with E-state index in [1.54, 1.807) is 0 Å². The Kier molecular flexibility index (Phi) is 4.11. The number of aryl methyl sites for hydroxylation is 1. The van der Waals surface area contributed by atoms with Gasteiger partial charge < -0.3 is 10.1 Å². The molecule has 1 N–H and O–H groups in total. The van der Waals surface area contributed by atoms with E-state index in [0.29, 0.717) is 12.1 Å². The van der Waals surface area contributed by atoms with E-state index in [9.17, 15) is 0 Å². The molecule has 0 amide bonds. The Balaban J connectivity index is 1.43. The van der Waals surface area contributed by atoms with E-state index in [0.717, 1.165) is 26.2 Å². The molecule has 2 aliphatic rings. The summed E-state index contributed by atoms with van der Waals surface area (Å²) in [7, 11) is 0. The standard InChI is InChI=1S/C15H23N3O/c1-12-5-13(7-16-6-12)8-17-9-15-10-18-4-2-3-14(18)11-19-15/h5-7,14-15,17H,2-4,8-11H2,1H3. The average Bonchev–Trinajstić information content (AvgIpc) is 2.86. The lowest BCUT2D eigenvalue weighted by atomic mass is 10.2. The zero-order chi connectivity index (χ0) is 13.1. The molecule has 2 unspecified atom stereocenters. The van der Waals surface area contributed by atoms with Crippen LogP contribution in [0.3, 0.4) is 0 Å². The van der Waals surface area contributed by atoms with Gasteiger partial charge >= 0.3 is 0 Å². The Morgan fingerprint density at radius 3 is 3.32 bits per heavy atom. The van der Waals surface area contributed by atoms with Crippen LogP contribution in [0.4, 0.5) is 0 Å². The summed E-state index contributed by atoms with van der Waals surface area (Å²) in [5, 5.41) is 3.49. The van der Waals surface area contributed by atoms with Gasteiger partial charge in [-0.25, -0.2) is 0 Å². The van der Waals surface area contributed by atoms with Crippen LogP contribution in [0.1, 0.15) is 24.0 Å². The van der Waals surface area contributed by atoms with Crippen molar-refractivity contribution in [1.82, 2.24) is 15.2 Å². The maximum atomic E-state index is 5.93. The van der Waals surface area contributed by atoms with Crippen molar-refractivity contribution in [1.29, 1.82) is 0 Å². The lowest BCUT2D eigenvalue weighted by molar-refractivity contribution is -0.0470. The minimum absolute atomic E-state index is 0.340. The van der Waals surface area contributed by atoms with Crippen molar-refractivity contribution in [3.8, 4) is 0 Å². The molecular weight excluding hydrogens is 238 g/mol. The van der Waals surface area contributed by atoms with Gasteiger partial charge in [0.15, 0.2) is 0 Å². The molecule has 2 atom stereocenters. The maximum Gasteiger partial charge on any atom is 0.0827 e. The van der Waals surface area contributed by atoms with E-state index in [4.69, 9.17) is 4.74 Å². The summed E-state index contributed by atoms with van der Waals surface area (Å²) in [6, 6.07) is 2.87. The van der Waals surface area contributed by atoms with Crippen LogP contribution in [-0.2, 0) is 11.3 Å². The molecule has 2 aliphatic heterocycles. The highest BCUT2D eigenvalue weighted by atomic mass is 16.5. The highest BCUT2D eigenvalue weighted by molar-refractivity contribution is 5.16. The molecule has 0 radical (unpaired) electrons. The lowest BCUT2D eigenvalue weighted by Crippen LogP contribution is -2.49. The molecule has 0 aliphatic carbocycles. The number of hydrogen-bond acceptors (Lipinski definition) is 4. The third-order valence-corrected chi connectivity index (χ3v) is 4.09. The number of aromatic nitrogens is 1. The molecule has 4 heteroatoms. The van der Waals surface area contributed by atoms with Gasteiger partial charge in [0.1, 0.15) is 0 Å². The predicted octanol–water partition coefficient (Wildman–Crippen LogP) is 1.34. The SMILES string of the molecule is Cc1cncc(CNCC2CN3CCCC3CO2)c1. The summed E-state index contributed by atoms with van der Waals surface area (Å²) < 4.78 is 5.93. The Bertz CT molecular complexity index is 424. The second-order valence-corrected chi connectivity index (χ2v) is 5.75. The van der Waals surface area contributed by atoms with Crippen molar-refractivity contribution < 1.29 is 4.74 Å². The van der Waals surface area contributed by atoms with Crippen LogP contribution in [0.2, 0.25) is 0 Å². The van der Waals surface area contributed by atoms with Crippen molar-refractivity contribution in [3.63, 3.8) is 0 Å². The lowest BCUT2D eigenvalue weighted by Gasteiger charge is -2.35. The largest absolute Gasteiger partial charge is 0.374 e. The van der Waals surface area contributed by atoms with Gasteiger partial charge in [0, 0.05) is 38.1 Å². The molecule has 0 bridgehead atoms. The molecule has 0 aromatic carbocycles. The molecule has 0 spiro atoms. The second kappa shape index (κ2) is 5.99. The molecule has 104 valence electrons. The van der Waals surface area contributed by atoms with Crippen LogP contribution in [-0.4, -0.2) is 48.3 Å². The Morgan fingerprint density at radius 1 is 1.47 bits per heavy atom. The van der Waals surface area contributed by atoms with Crippen LogP contribution >= 0.6 is 0 Å². The minimum atomic E-state index is 0.340. The number of hydrogen-bond donors (Lipinski definition) is 1. The van der Waals surface area contributed by atoms with Crippen LogP contribution < -0.4 is 5.32 Å². The minimum Gasteiger partial charge on any atom is -0.374 e. The smallest absolute Gasteiger partial charge is 0.0827 e. The summed E-state index contributed by atoms with van der Waals surface area (Å²) in [4.78, 5) is 6.80. The van der Waals surface area contributed by atoms with Crippen molar-refractivity contribution in [3.05, 3.63) is 29.6 Å². The van der Waals surface area contributed by atoms with Crippen molar-refractivity contribution in [2.24, 2.45) is 0 Å². The summed E-state index contributed by atoms with van der Waals surface area (Å²) in [6.45, 7) is 7.14. The van der Waals surface area contributed by atoms with Gasteiger partial charge in [-0.3, -0.25) is 9.88 Å². The average molecular weight is 261 g/mol. The molecule has 3 rings (SSSR count). The molecular formula is C15H23N3O. The first-order chi connectivity index (χ1) is 9.31. The normalized spacial score (nSPS) is 27.4. The molecule has 2 fully saturated rings. The van der Waals surface area contributed by atoms with Gasteiger partial charge in [0.25, 0.3) is 0 Å². The summed E-state index contributed by atoms with van der Waals surface area (Å²) in [6.07, 6.45) is 6.81. The first kappa shape index (κ1) is 13.0. The van der Waals surface area contributed by atoms with Gasteiger partial charge in [-0.15, -0.1) is 0 Å². The quantitative estimate of drug-likeness (QED) is 0.887. The van der Waals surface area contributed by atoms with Gasteiger partial charge in [-0.05, 0) is 37.4 Å². The van der Waals surface area contributed by atoms with Crippen LogP contribution in [0.15, 0.2) is 18.5 Å². The Hall–Kier alpha value is -0.970. The molecule has 0 saturated carbocycles. The van der Waals surface area contributed by atoms with Crippen LogP contribution in [0, 0.1) is 6.92 Å². The van der Waals surface area contributed by atoms with Crippen molar-refractivity contribution in [2.75, 3.05) is 26.2 Å². The Morgan fingerprint density at radius 2 is 2.42 bits per heavy atom. The summed E-state index contributed by atoms with van der Waals surface area (Å²) in [5.41, 5.74) is 2.46. The van der Waals surface area contributed by atoms with Crippen LogP contribution in [0.25, 0.3) is 0 Å². The molecule has 3 heterocycles. The number of fused-ring (bicyclic) bond motifs is 1. The van der Waals surface area contributed by atoms with Gasteiger partial charge in [-0.1, -0.05) is 6.07 Å². The van der Waals surface area contributed by atoms with E-state index < -0.39 is 0 Å². The summed E-state index contributed by atoms with van der Waals surface area (Å²) in [5.74, 6) is 0. The zero-order valence-electron chi connectivity index (χ0n) is 11.6. The number of morpholine rings is 1. The van der Waals surface area contributed by atoms with Crippen LogP contribution in [0.5, 0.6) is 0 Å². The van der Waals surface area contributed by atoms with Crippen molar-refractivity contribution >= 4 is 0 Å². The third-order valence-electron chi connectivity index (χ3n) is 4.09.